The molecule has 0 fully saturated rings. The van der Waals surface area contributed by atoms with Crippen molar-refractivity contribution in [3.05, 3.63) is 110 Å². The number of aromatic nitrogens is 5. The lowest BCUT2D eigenvalue weighted by Crippen LogP contribution is -2.23. The van der Waals surface area contributed by atoms with Gasteiger partial charge in [0.1, 0.15) is 17.5 Å². The summed E-state index contributed by atoms with van der Waals surface area (Å²) in [6, 6.07) is 21.7. The molecule has 7 rings (SSSR count). The quantitative estimate of drug-likeness (QED) is 0.257. The monoisotopic (exact) mass is 589 g/mol. The number of hydrogen-bond acceptors (Lipinski definition) is 8. The Bertz CT molecular complexity index is 2110. The van der Waals surface area contributed by atoms with Crippen molar-refractivity contribution in [1.29, 1.82) is 0 Å². The number of nitrogens with zero attached hydrogens (tertiary/aromatic N) is 5. The molecule has 1 atom stereocenters. The Hall–Kier alpha value is -5.22. The summed E-state index contributed by atoms with van der Waals surface area (Å²) in [5.41, 5.74) is 5.32. The lowest BCUT2D eigenvalue weighted by atomic mass is 10.0. The molecule has 214 valence electrons. The minimum atomic E-state index is -0.229. The SMILES string of the molecule is COc1ccc(C=Cc2nc3sc(=Cc4cn(-c5ccccc5)nc4-c4ccc5c(c4)CC(C)O5)c(=O)n3n2)cc1OC. The molecule has 0 saturated heterocycles. The molecule has 0 saturated carbocycles. The van der Waals surface area contributed by atoms with E-state index in [1.165, 1.54) is 15.9 Å². The number of methoxy groups -OCH3 is 2. The van der Waals surface area contributed by atoms with Crippen molar-refractivity contribution >= 4 is 34.5 Å². The Morgan fingerprint density at radius 3 is 2.60 bits per heavy atom. The van der Waals surface area contributed by atoms with E-state index in [1.54, 1.807) is 20.3 Å². The normalized spacial score (nSPS) is 14.9. The second-order valence-corrected chi connectivity index (χ2v) is 11.2. The van der Waals surface area contributed by atoms with Crippen molar-refractivity contribution in [2.24, 2.45) is 0 Å². The third kappa shape index (κ3) is 5.06. The van der Waals surface area contributed by atoms with Gasteiger partial charge in [-0.05, 0) is 72.7 Å². The summed E-state index contributed by atoms with van der Waals surface area (Å²) < 4.78 is 20.3. The highest BCUT2D eigenvalue weighted by molar-refractivity contribution is 7.15. The van der Waals surface area contributed by atoms with Crippen LogP contribution in [0.5, 0.6) is 17.2 Å². The van der Waals surface area contributed by atoms with E-state index >= 15 is 0 Å². The maximum absolute atomic E-state index is 13.4. The summed E-state index contributed by atoms with van der Waals surface area (Å²) in [5, 5.41) is 9.39. The molecule has 9 nitrogen and oxygen atoms in total. The zero-order valence-electron chi connectivity index (χ0n) is 23.7. The van der Waals surface area contributed by atoms with Gasteiger partial charge in [0, 0.05) is 23.7 Å². The second-order valence-electron chi connectivity index (χ2n) is 10.2. The van der Waals surface area contributed by atoms with Crippen LogP contribution in [0.4, 0.5) is 0 Å². The average molecular weight is 590 g/mol. The highest BCUT2D eigenvalue weighted by Crippen LogP contribution is 2.34. The van der Waals surface area contributed by atoms with Gasteiger partial charge < -0.3 is 14.2 Å². The first-order valence-electron chi connectivity index (χ1n) is 13.8. The first-order chi connectivity index (χ1) is 21.0. The van der Waals surface area contributed by atoms with Crippen LogP contribution < -0.4 is 24.3 Å². The van der Waals surface area contributed by atoms with Crippen LogP contribution in [-0.2, 0) is 6.42 Å². The van der Waals surface area contributed by atoms with Crippen LogP contribution in [0.3, 0.4) is 0 Å². The summed E-state index contributed by atoms with van der Waals surface area (Å²) in [5.74, 6) is 2.63. The van der Waals surface area contributed by atoms with Crippen molar-refractivity contribution in [1.82, 2.24) is 24.4 Å². The van der Waals surface area contributed by atoms with Gasteiger partial charge in [-0.2, -0.15) is 14.6 Å². The summed E-state index contributed by atoms with van der Waals surface area (Å²) in [6.07, 6.45) is 8.45. The molecular weight excluding hydrogens is 562 g/mol. The van der Waals surface area contributed by atoms with Crippen molar-refractivity contribution < 1.29 is 14.2 Å². The minimum absolute atomic E-state index is 0.148. The summed E-state index contributed by atoms with van der Waals surface area (Å²) in [6.45, 7) is 2.07. The van der Waals surface area contributed by atoms with Gasteiger partial charge in [0.15, 0.2) is 17.3 Å². The van der Waals surface area contributed by atoms with Crippen molar-refractivity contribution in [2.75, 3.05) is 14.2 Å². The lowest BCUT2D eigenvalue weighted by molar-refractivity contribution is 0.254. The van der Waals surface area contributed by atoms with Crippen molar-refractivity contribution in [3.63, 3.8) is 0 Å². The zero-order valence-corrected chi connectivity index (χ0v) is 24.5. The second kappa shape index (κ2) is 10.9. The lowest BCUT2D eigenvalue weighted by Gasteiger charge is -2.07. The molecule has 0 bridgehead atoms. The predicted molar refractivity (Wildman–Crippen MR) is 167 cm³/mol. The molecule has 0 aliphatic carbocycles. The number of benzene rings is 3. The maximum Gasteiger partial charge on any atom is 0.291 e. The fourth-order valence-corrected chi connectivity index (χ4v) is 6.09. The molecule has 1 unspecified atom stereocenters. The first-order valence-corrected chi connectivity index (χ1v) is 14.6. The predicted octanol–water partition coefficient (Wildman–Crippen LogP) is 5.06. The topological polar surface area (TPSA) is 92.8 Å². The van der Waals surface area contributed by atoms with E-state index in [0.717, 1.165) is 45.8 Å². The molecule has 3 aromatic heterocycles. The Labute approximate surface area is 250 Å². The van der Waals surface area contributed by atoms with E-state index in [9.17, 15) is 4.79 Å². The molecule has 3 aromatic carbocycles. The van der Waals surface area contributed by atoms with Gasteiger partial charge in [-0.15, -0.1) is 5.10 Å². The van der Waals surface area contributed by atoms with E-state index < -0.39 is 0 Å². The largest absolute Gasteiger partial charge is 0.493 e. The van der Waals surface area contributed by atoms with Crippen LogP contribution in [0.25, 0.3) is 40.1 Å². The van der Waals surface area contributed by atoms with Gasteiger partial charge in [-0.1, -0.05) is 41.7 Å². The maximum atomic E-state index is 13.4. The van der Waals surface area contributed by atoms with Gasteiger partial charge in [0.05, 0.1) is 24.4 Å². The van der Waals surface area contributed by atoms with Crippen molar-refractivity contribution in [2.45, 2.75) is 19.4 Å². The van der Waals surface area contributed by atoms with Gasteiger partial charge in [-0.25, -0.2) is 4.68 Å². The number of rotatable bonds is 7. The molecule has 0 radical (unpaired) electrons. The molecule has 0 amide bonds. The average Bonchev–Trinajstić information content (AvgIpc) is 3.79. The Morgan fingerprint density at radius 2 is 1.81 bits per heavy atom. The minimum Gasteiger partial charge on any atom is -0.493 e. The Balaban J connectivity index is 1.26. The Kier molecular flexibility index (Phi) is 6.75. The highest BCUT2D eigenvalue weighted by atomic mass is 32.1. The molecule has 1 aliphatic heterocycles. The summed E-state index contributed by atoms with van der Waals surface area (Å²) in [4.78, 5) is 18.5. The van der Waals surface area contributed by atoms with Gasteiger partial charge in [0.2, 0.25) is 4.96 Å². The third-order valence-electron chi connectivity index (χ3n) is 7.25. The smallest absolute Gasteiger partial charge is 0.291 e. The third-order valence-corrected chi connectivity index (χ3v) is 8.21. The van der Waals surface area contributed by atoms with Gasteiger partial charge in [0.25, 0.3) is 5.56 Å². The van der Waals surface area contributed by atoms with E-state index in [-0.39, 0.29) is 11.7 Å². The van der Waals surface area contributed by atoms with Gasteiger partial charge in [-0.3, -0.25) is 4.79 Å². The molecule has 43 heavy (non-hydrogen) atoms. The van der Waals surface area contributed by atoms with Gasteiger partial charge >= 0.3 is 0 Å². The van der Waals surface area contributed by atoms with E-state index in [0.29, 0.717) is 26.8 Å². The summed E-state index contributed by atoms with van der Waals surface area (Å²) in [7, 11) is 3.19. The van der Waals surface area contributed by atoms with Crippen LogP contribution in [0.1, 0.15) is 29.4 Å². The fraction of sp³-hybridized carbons (Fsp3) is 0.152. The van der Waals surface area contributed by atoms with E-state index in [2.05, 4.69) is 23.1 Å². The fourth-order valence-electron chi connectivity index (χ4n) is 5.19. The van der Waals surface area contributed by atoms with Crippen LogP contribution >= 0.6 is 11.3 Å². The van der Waals surface area contributed by atoms with Crippen LogP contribution in [-0.4, -0.2) is 44.7 Å². The Morgan fingerprint density at radius 1 is 0.977 bits per heavy atom. The highest BCUT2D eigenvalue weighted by Gasteiger charge is 2.21. The number of ether oxygens (including phenoxy) is 3. The first kappa shape index (κ1) is 26.7. The van der Waals surface area contributed by atoms with Crippen LogP contribution in [0.15, 0.2) is 77.7 Å². The van der Waals surface area contributed by atoms with E-state index in [1.807, 2.05) is 83.7 Å². The van der Waals surface area contributed by atoms with Crippen LogP contribution in [0.2, 0.25) is 0 Å². The number of thiazole rings is 1. The molecule has 0 spiro atoms. The molecule has 10 heteroatoms. The molecule has 0 N–H and O–H groups in total. The number of hydrogen-bond donors (Lipinski definition) is 0. The van der Waals surface area contributed by atoms with Crippen molar-refractivity contribution in [3.8, 4) is 34.2 Å². The molecule has 6 aromatic rings. The number of para-hydroxylation sites is 1. The molecule has 4 heterocycles. The molecule has 1 aliphatic rings. The molecular formula is C33H27N5O4S. The number of fused-ring (bicyclic) bond motifs is 2. The summed E-state index contributed by atoms with van der Waals surface area (Å²) >= 11 is 1.30. The van der Waals surface area contributed by atoms with Crippen LogP contribution in [0, 0.1) is 0 Å². The standard InChI is InChI=1S/C33H27N5O4S/c1-20-15-23-17-22(11-13-26(23)42-20)31-24(19-37(36-31)25-7-5-4-6-8-25)18-29-32(39)38-33(43-29)34-30(35-38)14-10-21-9-12-27(40-2)28(16-21)41-3/h4-14,16-20H,15H2,1-3H3. The zero-order chi connectivity index (χ0) is 29.5. The van der Waals surface area contributed by atoms with E-state index in [4.69, 9.17) is 19.3 Å².